The smallest absolute Gasteiger partial charge is 0.433 e. The summed E-state index contributed by atoms with van der Waals surface area (Å²) in [5, 5.41) is 13.6. The summed E-state index contributed by atoms with van der Waals surface area (Å²) in [4.78, 5) is 17.6. The lowest BCUT2D eigenvalue weighted by Crippen LogP contribution is -2.18. The molecule has 0 bridgehead atoms. The van der Waals surface area contributed by atoms with Crippen LogP contribution in [-0.4, -0.2) is 27.6 Å². The fraction of sp³-hybridized carbons (Fsp3) is 0.214. The number of alkyl halides is 3. The Hall–Kier alpha value is -2.84. The van der Waals surface area contributed by atoms with Gasteiger partial charge in [-0.1, -0.05) is 30.3 Å². The molecule has 0 saturated heterocycles. The lowest BCUT2D eigenvalue weighted by Gasteiger charge is -2.12. The first-order valence-corrected chi connectivity index (χ1v) is 6.54. The molecular weight excluding hydrogens is 313 g/mol. The summed E-state index contributed by atoms with van der Waals surface area (Å²) >= 11 is 0. The highest BCUT2D eigenvalue weighted by atomic mass is 19.4. The highest BCUT2D eigenvalue weighted by Crippen LogP contribution is 2.29. The topological polar surface area (TPSA) is 87.1 Å². The van der Waals surface area contributed by atoms with Gasteiger partial charge in [0.1, 0.15) is 12.4 Å². The molecule has 0 saturated carbocycles. The number of aliphatic carboxylic acids is 1. The van der Waals surface area contributed by atoms with Crippen molar-refractivity contribution in [1.82, 2.24) is 9.97 Å². The molecule has 9 heteroatoms. The fourth-order valence-corrected chi connectivity index (χ4v) is 1.71. The number of nitrogens with one attached hydrogen (secondary N) is 2. The minimum atomic E-state index is -4.66. The molecule has 0 radical (unpaired) electrons. The van der Waals surface area contributed by atoms with E-state index in [4.69, 9.17) is 5.11 Å². The Morgan fingerprint density at radius 2 is 1.83 bits per heavy atom. The van der Waals surface area contributed by atoms with Gasteiger partial charge in [0, 0.05) is 12.6 Å². The molecular formula is C14H13F3N4O2. The Balaban J connectivity index is 2.19. The SMILES string of the molecule is O=C(O)CNc1nc(NCc2ccccc2)cc(C(F)(F)F)n1. The predicted molar refractivity (Wildman–Crippen MR) is 76.9 cm³/mol. The first kappa shape index (κ1) is 16.5. The van der Waals surface area contributed by atoms with Crippen molar-refractivity contribution in [2.45, 2.75) is 12.7 Å². The third-order valence-corrected chi connectivity index (χ3v) is 2.73. The summed E-state index contributed by atoms with van der Waals surface area (Å²) < 4.78 is 38.5. The quantitative estimate of drug-likeness (QED) is 0.756. The van der Waals surface area contributed by atoms with Crippen molar-refractivity contribution >= 4 is 17.7 Å². The average molecular weight is 326 g/mol. The number of aromatic nitrogens is 2. The highest BCUT2D eigenvalue weighted by molar-refractivity contribution is 5.71. The molecule has 2 aromatic rings. The van der Waals surface area contributed by atoms with E-state index in [0.29, 0.717) is 0 Å². The van der Waals surface area contributed by atoms with E-state index in [1.165, 1.54) is 0 Å². The van der Waals surface area contributed by atoms with E-state index < -0.39 is 30.3 Å². The van der Waals surface area contributed by atoms with Crippen LogP contribution in [0.5, 0.6) is 0 Å². The summed E-state index contributed by atoms with van der Waals surface area (Å²) in [5.74, 6) is -1.69. The molecule has 1 heterocycles. The van der Waals surface area contributed by atoms with Gasteiger partial charge < -0.3 is 15.7 Å². The normalized spacial score (nSPS) is 11.1. The van der Waals surface area contributed by atoms with Gasteiger partial charge in [0.25, 0.3) is 0 Å². The number of hydrogen-bond acceptors (Lipinski definition) is 5. The number of carboxylic acids is 1. The van der Waals surface area contributed by atoms with Gasteiger partial charge in [0.15, 0.2) is 5.69 Å². The number of benzene rings is 1. The lowest BCUT2D eigenvalue weighted by molar-refractivity contribution is -0.141. The van der Waals surface area contributed by atoms with Gasteiger partial charge >= 0.3 is 12.1 Å². The number of carboxylic acid groups (broad SMARTS) is 1. The van der Waals surface area contributed by atoms with E-state index in [0.717, 1.165) is 11.6 Å². The second kappa shape index (κ2) is 6.95. The van der Waals surface area contributed by atoms with Crippen LogP contribution >= 0.6 is 0 Å². The summed E-state index contributed by atoms with van der Waals surface area (Å²) in [6, 6.07) is 9.82. The van der Waals surface area contributed by atoms with Crippen LogP contribution in [0.4, 0.5) is 24.9 Å². The third kappa shape index (κ3) is 5.13. The predicted octanol–water partition coefficient (Wildman–Crippen LogP) is 2.60. The first-order chi connectivity index (χ1) is 10.8. The molecule has 1 aromatic heterocycles. The molecule has 0 aliphatic heterocycles. The Morgan fingerprint density at radius 1 is 1.13 bits per heavy atom. The fourth-order valence-electron chi connectivity index (χ4n) is 1.71. The van der Waals surface area contributed by atoms with Crippen LogP contribution in [0.1, 0.15) is 11.3 Å². The molecule has 1 aromatic carbocycles. The number of nitrogens with zero attached hydrogens (tertiary/aromatic N) is 2. The van der Waals surface area contributed by atoms with Gasteiger partial charge in [-0.15, -0.1) is 0 Å². The molecule has 23 heavy (non-hydrogen) atoms. The van der Waals surface area contributed by atoms with Crippen LogP contribution in [0.3, 0.4) is 0 Å². The maximum atomic E-state index is 12.8. The van der Waals surface area contributed by atoms with E-state index in [-0.39, 0.29) is 12.4 Å². The lowest BCUT2D eigenvalue weighted by atomic mass is 10.2. The van der Waals surface area contributed by atoms with Crippen LogP contribution < -0.4 is 10.6 Å². The van der Waals surface area contributed by atoms with E-state index in [1.807, 2.05) is 18.2 Å². The van der Waals surface area contributed by atoms with E-state index in [1.54, 1.807) is 12.1 Å². The van der Waals surface area contributed by atoms with Crippen molar-refractivity contribution in [2.75, 3.05) is 17.2 Å². The van der Waals surface area contributed by atoms with Crippen molar-refractivity contribution in [1.29, 1.82) is 0 Å². The second-order valence-electron chi connectivity index (χ2n) is 4.55. The van der Waals surface area contributed by atoms with Crippen molar-refractivity contribution in [3.63, 3.8) is 0 Å². The molecule has 0 atom stereocenters. The Kier molecular flexibility index (Phi) is 4.99. The van der Waals surface area contributed by atoms with Crippen LogP contribution in [0.25, 0.3) is 0 Å². The molecule has 3 N–H and O–H groups in total. The largest absolute Gasteiger partial charge is 0.480 e. The summed E-state index contributed by atoms with van der Waals surface area (Å²) in [6.45, 7) is -0.313. The highest BCUT2D eigenvalue weighted by Gasteiger charge is 2.33. The van der Waals surface area contributed by atoms with Crippen molar-refractivity contribution < 1.29 is 23.1 Å². The molecule has 0 aliphatic carbocycles. The third-order valence-electron chi connectivity index (χ3n) is 2.73. The minimum Gasteiger partial charge on any atom is -0.480 e. The van der Waals surface area contributed by atoms with Gasteiger partial charge in [-0.25, -0.2) is 4.98 Å². The van der Waals surface area contributed by atoms with Gasteiger partial charge in [0.2, 0.25) is 5.95 Å². The molecule has 2 rings (SSSR count). The van der Waals surface area contributed by atoms with Gasteiger partial charge in [-0.05, 0) is 5.56 Å². The van der Waals surface area contributed by atoms with Gasteiger partial charge in [-0.3, -0.25) is 4.79 Å². The minimum absolute atomic E-state index is 0.0518. The number of hydrogen-bond donors (Lipinski definition) is 3. The Bertz CT molecular complexity index is 677. The van der Waals surface area contributed by atoms with Crippen LogP contribution in [0.15, 0.2) is 36.4 Å². The van der Waals surface area contributed by atoms with Crippen LogP contribution in [0.2, 0.25) is 0 Å². The number of anilines is 2. The second-order valence-corrected chi connectivity index (χ2v) is 4.55. The van der Waals surface area contributed by atoms with Crippen molar-refractivity contribution in [2.24, 2.45) is 0 Å². The molecule has 0 aliphatic rings. The van der Waals surface area contributed by atoms with Crippen LogP contribution in [0, 0.1) is 0 Å². The number of rotatable bonds is 6. The van der Waals surface area contributed by atoms with E-state index in [2.05, 4.69) is 20.6 Å². The molecule has 0 spiro atoms. The van der Waals surface area contributed by atoms with Crippen molar-refractivity contribution in [3.8, 4) is 0 Å². The molecule has 0 unspecified atom stereocenters. The number of carbonyl (C=O) groups is 1. The zero-order valence-corrected chi connectivity index (χ0v) is 11.8. The number of halogens is 3. The standard InChI is InChI=1S/C14H13F3N4O2/c15-14(16,17)10-6-11(18-7-9-4-2-1-3-5-9)21-13(20-10)19-8-12(22)23/h1-6H,7-8H2,(H,22,23)(H2,18,19,20,21). The van der Waals surface area contributed by atoms with Gasteiger partial charge in [-0.2, -0.15) is 18.2 Å². The zero-order chi connectivity index (χ0) is 16.9. The summed E-state index contributed by atoms with van der Waals surface area (Å²) in [6.07, 6.45) is -4.66. The average Bonchev–Trinajstić information content (AvgIpc) is 2.51. The molecule has 0 amide bonds. The maximum absolute atomic E-state index is 12.8. The van der Waals surface area contributed by atoms with E-state index >= 15 is 0 Å². The molecule has 0 fully saturated rings. The van der Waals surface area contributed by atoms with E-state index in [9.17, 15) is 18.0 Å². The van der Waals surface area contributed by atoms with Crippen molar-refractivity contribution in [3.05, 3.63) is 47.7 Å². The first-order valence-electron chi connectivity index (χ1n) is 6.54. The maximum Gasteiger partial charge on any atom is 0.433 e. The monoisotopic (exact) mass is 326 g/mol. The molecule has 122 valence electrons. The Labute approximate surface area is 129 Å². The molecule has 6 nitrogen and oxygen atoms in total. The summed E-state index contributed by atoms with van der Waals surface area (Å²) in [5.41, 5.74) is -0.296. The van der Waals surface area contributed by atoms with Gasteiger partial charge in [0.05, 0.1) is 0 Å². The Morgan fingerprint density at radius 3 is 2.43 bits per heavy atom. The summed E-state index contributed by atoms with van der Waals surface area (Å²) in [7, 11) is 0. The van der Waals surface area contributed by atoms with Crippen LogP contribution in [-0.2, 0) is 17.5 Å². The zero-order valence-electron chi connectivity index (χ0n) is 11.8.